The number of aliphatic hydroxyl groups is 2. The number of methoxy groups -OCH3 is 1. The number of aliphatic hydroxyl groups excluding tert-OH is 2. The molecule has 0 saturated carbocycles. The van der Waals surface area contributed by atoms with Crippen molar-refractivity contribution in [1.29, 1.82) is 0 Å². The Kier molecular flexibility index (Phi) is 4.36. The molecule has 0 amide bonds. The highest BCUT2D eigenvalue weighted by atomic mass is 16.6. The molecule has 1 aliphatic heterocycles. The van der Waals surface area contributed by atoms with Crippen molar-refractivity contribution in [2.45, 2.75) is 24.9 Å². The predicted octanol–water partition coefficient (Wildman–Crippen LogP) is 0.320. The summed E-state index contributed by atoms with van der Waals surface area (Å²) in [7, 11) is 1.54. The lowest BCUT2D eigenvalue weighted by Crippen LogP contribution is -2.28. The van der Waals surface area contributed by atoms with Crippen molar-refractivity contribution in [2.75, 3.05) is 13.7 Å². The van der Waals surface area contributed by atoms with Crippen LogP contribution in [0, 0.1) is 0 Å². The third kappa shape index (κ3) is 3.44. The summed E-state index contributed by atoms with van der Waals surface area (Å²) < 4.78 is 15.0. The van der Waals surface area contributed by atoms with E-state index >= 15 is 0 Å². The summed E-state index contributed by atoms with van der Waals surface area (Å²) in [5, 5.41) is 18.7. The number of benzene rings is 1. The number of rotatable bonds is 4. The van der Waals surface area contributed by atoms with Crippen LogP contribution >= 0.6 is 0 Å². The highest BCUT2D eigenvalue weighted by molar-refractivity contribution is 5.89. The fraction of sp³-hybridized carbons (Fsp3) is 0.462. The first kappa shape index (κ1) is 13.8. The fourth-order valence-electron chi connectivity index (χ4n) is 1.82. The van der Waals surface area contributed by atoms with E-state index in [1.165, 1.54) is 7.11 Å². The van der Waals surface area contributed by atoms with Crippen LogP contribution in [0.15, 0.2) is 24.3 Å². The third-order valence-corrected chi connectivity index (χ3v) is 2.91. The first-order valence-corrected chi connectivity index (χ1v) is 5.93. The van der Waals surface area contributed by atoms with Gasteiger partial charge in [-0.2, -0.15) is 0 Å². The molecule has 0 aliphatic carbocycles. The van der Waals surface area contributed by atoms with Gasteiger partial charge in [-0.15, -0.1) is 0 Å². The van der Waals surface area contributed by atoms with Crippen molar-refractivity contribution in [2.24, 2.45) is 0 Å². The lowest BCUT2D eigenvalue weighted by molar-refractivity contribution is -0.109. The van der Waals surface area contributed by atoms with Crippen LogP contribution in [0.3, 0.4) is 0 Å². The average molecular weight is 268 g/mol. The molecule has 2 rings (SSSR count). The molecule has 19 heavy (non-hydrogen) atoms. The number of hydrogen-bond acceptors (Lipinski definition) is 6. The quantitative estimate of drug-likeness (QED) is 0.765. The summed E-state index contributed by atoms with van der Waals surface area (Å²) >= 11 is 0. The molecule has 3 atom stereocenters. The second-order valence-electron chi connectivity index (χ2n) is 4.26. The van der Waals surface area contributed by atoms with Crippen LogP contribution in [-0.4, -0.2) is 48.4 Å². The van der Waals surface area contributed by atoms with Crippen LogP contribution < -0.4 is 4.74 Å². The Balaban J connectivity index is 1.87. The third-order valence-electron chi connectivity index (χ3n) is 2.91. The Morgan fingerprint density at radius 2 is 2.05 bits per heavy atom. The molecule has 0 spiro atoms. The summed E-state index contributed by atoms with van der Waals surface area (Å²) in [6.45, 7) is -0.0942. The Hall–Kier alpha value is -1.63. The molecule has 2 unspecified atom stereocenters. The number of esters is 1. The van der Waals surface area contributed by atoms with E-state index in [0.717, 1.165) is 0 Å². The minimum absolute atomic E-state index is 0.0942. The Morgan fingerprint density at radius 1 is 1.37 bits per heavy atom. The van der Waals surface area contributed by atoms with Gasteiger partial charge in [0.1, 0.15) is 18.5 Å². The van der Waals surface area contributed by atoms with E-state index in [4.69, 9.17) is 14.2 Å². The summed E-state index contributed by atoms with van der Waals surface area (Å²) in [4.78, 5) is 11.7. The van der Waals surface area contributed by atoms with Crippen molar-refractivity contribution >= 4 is 5.97 Å². The standard InChI is InChI=1S/C13H16O6/c1-17-9-4-2-8(3-5-9)13(16)18-7-11-10(14)6-12(15)19-11/h2-5,10-12,14-15H,6-7H2,1H3/t10?,11-,12?/m0/s1. The topological polar surface area (TPSA) is 85.2 Å². The van der Waals surface area contributed by atoms with Crippen molar-refractivity contribution in [3.8, 4) is 5.75 Å². The Labute approximate surface area is 110 Å². The van der Waals surface area contributed by atoms with E-state index in [2.05, 4.69) is 0 Å². The van der Waals surface area contributed by atoms with Gasteiger partial charge in [-0.1, -0.05) is 0 Å². The summed E-state index contributed by atoms with van der Waals surface area (Å²) in [6, 6.07) is 6.48. The SMILES string of the molecule is COc1ccc(C(=O)OC[C@@H]2OC(O)CC2O)cc1. The molecule has 1 saturated heterocycles. The lowest BCUT2D eigenvalue weighted by atomic mass is 10.2. The van der Waals surface area contributed by atoms with Gasteiger partial charge in [0, 0.05) is 6.42 Å². The second kappa shape index (κ2) is 6.01. The van der Waals surface area contributed by atoms with Crippen LogP contribution in [0.2, 0.25) is 0 Å². The van der Waals surface area contributed by atoms with E-state index in [1.807, 2.05) is 0 Å². The van der Waals surface area contributed by atoms with Gasteiger partial charge in [-0.05, 0) is 24.3 Å². The molecule has 2 N–H and O–H groups in total. The van der Waals surface area contributed by atoms with Crippen molar-refractivity contribution < 1.29 is 29.2 Å². The minimum atomic E-state index is -1.00. The number of hydrogen-bond donors (Lipinski definition) is 2. The average Bonchev–Trinajstić information content (AvgIpc) is 2.74. The Bertz CT molecular complexity index is 429. The highest BCUT2D eigenvalue weighted by Crippen LogP contribution is 2.19. The molecule has 6 heteroatoms. The second-order valence-corrected chi connectivity index (χ2v) is 4.26. The molecule has 1 heterocycles. The zero-order valence-electron chi connectivity index (χ0n) is 10.5. The molecular weight excluding hydrogens is 252 g/mol. The van der Waals surface area contributed by atoms with Gasteiger partial charge >= 0.3 is 5.97 Å². The zero-order chi connectivity index (χ0) is 13.8. The van der Waals surface area contributed by atoms with Crippen LogP contribution in [0.1, 0.15) is 16.8 Å². The lowest BCUT2D eigenvalue weighted by Gasteiger charge is -2.13. The van der Waals surface area contributed by atoms with Crippen LogP contribution in [-0.2, 0) is 9.47 Å². The maximum atomic E-state index is 11.7. The molecule has 104 valence electrons. The van der Waals surface area contributed by atoms with Crippen molar-refractivity contribution in [3.63, 3.8) is 0 Å². The molecule has 1 aromatic rings. The van der Waals surface area contributed by atoms with Crippen molar-refractivity contribution in [3.05, 3.63) is 29.8 Å². The number of carbonyl (C=O) groups excluding carboxylic acids is 1. The Morgan fingerprint density at radius 3 is 2.58 bits per heavy atom. The number of ether oxygens (including phenoxy) is 3. The van der Waals surface area contributed by atoms with Gasteiger partial charge in [0.25, 0.3) is 0 Å². The van der Waals surface area contributed by atoms with Gasteiger partial charge < -0.3 is 24.4 Å². The van der Waals surface area contributed by atoms with Gasteiger partial charge in [0.2, 0.25) is 0 Å². The minimum Gasteiger partial charge on any atom is -0.497 e. The normalized spacial score (nSPS) is 26.2. The van der Waals surface area contributed by atoms with E-state index in [1.54, 1.807) is 24.3 Å². The molecule has 0 bridgehead atoms. The zero-order valence-corrected chi connectivity index (χ0v) is 10.5. The summed E-state index contributed by atoms with van der Waals surface area (Å²) in [6.07, 6.45) is -2.37. The maximum absolute atomic E-state index is 11.7. The maximum Gasteiger partial charge on any atom is 0.338 e. The predicted molar refractivity (Wildman–Crippen MR) is 64.8 cm³/mol. The largest absolute Gasteiger partial charge is 0.497 e. The molecule has 0 aromatic heterocycles. The van der Waals surface area contributed by atoms with Gasteiger partial charge in [-0.3, -0.25) is 0 Å². The molecule has 6 nitrogen and oxygen atoms in total. The highest BCUT2D eigenvalue weighted by Gasteiger charge is 2.33. The van der Waals surface area contributed by atoms with Gasteiger partial charge in [0.05, 0.1) is 18.8 Å². The van der Waals surface area contributed by atoms with Crippen molar-refractivity contribution in [1.82, 2.24) is 0 Å². The summed E-state index contributed by atoms with van der Waals surface area (Å²) in [5.41, 5.74) is 0.383. The molecule has 1 aromatic carbocycles. The van der Waals surface area contributed by atoms with E-state index < -0.39 is 24.5 Å². The van der Waals surface area contributed by atoms with Gasteiger partial charge in [-0.25, -0.2) is 4.79 Å². The van der Waals surface area contributed by atoms with E-state index in [9.17, 15) is 15.0 Å². The number of carbonyl (C=O) groups is 1. The molecular formula is C13H16O6. The smallest absolute Gasteiger partial charge is 0.338 e. The van der Waals surface area contributed by atoms with Crippen LogP contribution in [0.4, 0.5) is 0 Å². The molecule has 1 aliphatic rings. The molecule has 0 radical (unpaired) electrons. The monoisotopic (exact) mass is 268 g/mol. The first-order valence-electron chi connectivity index (χ1n) is 5.93. The first-order chi connectivity index (χ1) is 9.10. The van der Waals surface area contributed by atoms with Gasteiger partial charge in [0.15, 0.2) is 6.29 Å². The van der Waals surface area contributed by atoms with E-state index in [-0.39, 0.29) is 13.0 Å². The molecule has 1 fully saturated rings. The van der Waals surface area contributed by atoms with Crippen LogP contribution in [0.25, 0.3) is 0 Å². The van der Waals surface area contributed by atoms with Crippen LogP contribution in [0.5, 0.6) is 5.75 Å². The fourth-order valence-corrected chi connectivity index (χ4v) is 1.82. The summed E-state index contributed by atoms with van der Waals surface area (Å²) in [5.74, 6) is 0.133. The van der Waals surface area contributed by atoms with E-state index in [0.29, 0.717) is 11.3 Å².